The van der Waals surface area contributed by atoms with Crippen molar-refractivity contribution < 1.29 is 4.79 Å². The molecule has 0 saturated heterocycles. The van der Waals surface area contributed by atoms with Gasteiger partial charge in [0.1, 0.15) is 0 Å². The summed E-state index contributed by atoms with van der Waals surface area (Å²) in [5.41, 5.74) is 3.25. The number of hydrogen-bond acceptors (Lipinski definition) is 4. The van der Waals surface area contributed by atoms with Crippen molar-refractivity contribution in [1.29, 1.82) is 5.26 Å². The highest BCUT2D eigenvalue weighted by atomic mass is 32.2. The first-order valence-corrected chi connectivity index (χ1v) is 10.6. The zero-order valence-electron chi connectivity index (χ0n) is 17.0. The molecule has 2 rings (SSSR count). The van der Waals surface area contributed by atoms with Crippen LogP contribution in [0, 0.1) is 17.2 Å². The summed E-state index contributed by atoms with van der Waals surface area (Å²) < 4.78 is 0. The monoisotopic (exact) mass is 395 g/mol. The van der Waals surface area contributed by atoms with Gasteiger partial charge in [-0.25, -0.2) is 0 Å². The van der Waals surface area contributed by atoms with Crippen molar-refractivity contribution in [1.82, 2.24) is 5.32 Å². The maximum Gasteiger partial charge on any atom is 0.238 e. The lowest BCUT2D eigenvalue weighted by atomic mass is 9.93. The summed E-state index contributed by atoms with van der Waals surface area (Å²) in [5, 5.41) is 15.1. The average molecular weight is 396 g/mol. The van der Waals surface area contributed by atoms with Crippen molar-refractivity contribution in [3.8, 4) is 6.07 Å². The van der Waals surface area contributed by atoms with E-state index in [1.807, 2.05) is 24.3 Å². The SMILES string of the molecule is CC(C)c1ccc([C@@H](NCC(=O)Nc2ccccc2SCC#N)C(C)C)cc1. The van der Waals surface area contributed by atoms with E-state index < -0.39 is 0 Å². The van der Waals surface area contributed by atoms with Crippen LogP contribution in [0.1, 0.15) is 50.8 Å². The van der Waals surface area contributed by atoms with Crippen molar-refractivity contribution in [2.24, 2.45) is 5.92 Å². The molecule has 0 unspecified atom stereocenters. The van der Waals surface area contributed by atoms with E-state index in [-0.39, 0.29) is 18.5 Å². The van der Waals surface area contributed by atoms with E-state index in [0.29, 0.717) is 17.6 Å². The summed E-state index contributed by atoms with van der Waals surface area (Å²) >= 11 is 1.42. The Morgan fingerprint density at radius 3 is 2.29 bits per heavy atom. The van der Waals surface area contributed by atoms with Gasteiger partial charge in [0.15, 0.2) is 0 Å². The Morgan fingerprint density at radius 2 is 1.68 bits per heavy atom. The van der Waals surface area contributed by atoms with E-state index in [0.717, 1.165) is 10.6 Å². The maximum atomic E-state index is 12.5. The Morgan fingerprint density at radius 1 is 1.04 bits per heavy atom. The zero-order valence-corrected chi connectivity index (χ0v) is 17.8. The average Bonchev–Trinajstić information content (AvgIpc) is 2.67. The molecule has 0 saturated carbocycles. The van der Waals surface area contributed by atoms with Crippen LogP contribution in [-0.4, -0.2) is 18.2 Å². The number of rotatable bonds is 9. The summed E-state index contributed by atoms with van der Waals surface area (Å²) in [5.74, 6) is 1.13. The molecule has 148 valence electrons. The summed E-state index contributed by atoms with van der Waals surface area (Å²) in [6.07, 6.45) is 0. The molecule has 0 fully saturated rings. The number of carbonyl (C=O) groups excluding carboxylic acids is 1. The van der Waals surface area contributed by atoms with Crippen LogP contribution >= 0.6 is 11.8 Å². The van der Waals surface area contributed by atoms with Crippen LogP contribution in [0.15, 0.2) is 53.4 Å². The molecule has 0 radical (unpaired) electrons. The van der Waals surface area contributed by atoms with E-state index in [1.54, 1.807) is 0 Å². The van der Waals surface area contributed by atoms with Crippen LogP contribution in [0.4, 0.5) is 5.69 Å². The third kappa shape index (κ3) is 6.40. The first-order chi connectivity index (χ1) is 13.4. The number of amides is 1. The van der Waals surface area contributed by atoms with Gasteiger partial charge in [0, 0.05) is 10.9 Å². The first-order valence-electron chi connectivity index (χ1n) is 9.64. The second-order valence-electron chi connectivity index (χ2n) is 7.42. The molecule has 0 aromatic heterocycles. The van der Waals surface area contributed by atoms with Gasteiger partial charge < -0.3 is 10.6 Å². The van der Waals surface area contributed by atoms with E-state index in [9.17, 15) is 4.79 Å². The summed E-state index contributed by atoms with van der Waals surface area (Å²) in [4.78, 5) is 13.4. The molecule has 2 aromatic carbocycles. The molecule has 4 nitrogen and oxygen atoms in total. The van der Waals surface area contributed by atoms with E-state index in [1.165, 1.54) is 22.9 Å². The predicted octanol–water partition coefficient (Wildman–Crippen LogP) is 5.35. The number of hydrogen-bond donors (Lipinski definition) is 2. The van der Waals surface area contributed by atoms with Gasteiger partial charge in [0.2, 0.25) is 5.91 Å². The molecule has 1 amide bonds. The molecule has 2 aromatic rings. The quantitative estimate of drug-likeness (QED) is 0.562. The van der Waals surface area contributed by atoms with Gasteiger partial charge in [-0.3, -0.25) is 4.79 Å². The summed E-state index contributed by atoms with van der Waals surface area (Å²) in [6, 6.07) is 18.4. The molecule has 0 heterocycles. The van der Waals surface area contributed by atoms with Gasteiger partial charge in [-0.05, 0) is 35.1 Å². The molecule has 0 aliphatic heterocycles. The molecule has 0 aliphatic carbocycles. The number of para-hydroxylation sites is 1. The minimum Gasteiger partial charge on any atom is -0.324 e. The van der Waals surface area contributed by atoms with Crippen LogP contribution in [0.3, 0.4) is 0 Å². The maximum absolute atomic E-state index is 12.5. The Bertz CT molecular complexity index is 809. The second-order valence-corrected chi connectivity index (χ2v) is 8.43. The molecule has 28 heavy (non-hydrogen) atoms. The Labute approximate surface area is 172 Å². The third-order valence-electron chi connectivity index (χ3n) is 4.56. The fraction of sp³-hybridized carbons (Fsp3) is 0.391. The lowest BCUT2D eigenvalue weighted by Gasteiger charge is -2.23. The highest BCUT2D eigenvalue weighted by molar-refractivity contribution is 7.99. The van der Waals surface area contributed by atoms with Gasteiger partial charge in [-0.1, -0.05) is 64.1 Å². The largest absolute Gasteiger partial charge is 0.324 e. The number of nitrogens with zero attached hydrogens (tertiary/aromatic N) is 1. The summed E-state index contributed by atoms with van der Waals surface area (Å²) in [6.45, 7) is 8.90. The fourth-order valence-electron chi connectivity index (χ4n) is 3.03. The van der Waals surface area contributed by atoms with Gasteiger partial charge in [0.25, 0.3) is 0 Å². The third-order valence-corrected chi connectivity index (χ3v) is 5.51. The van der Waals surface area contributed by atoms with E-state index >= 15 is 0 Å². The number of thioether (sulfide) groups is 1. The van der Waals surface area contributed by atoms with Crippen molar-refractivity contribution in [2.45, 2.75) is 44.6 Å². The van der Waals surface area contributed by atoms with Gasteiger partial charge in [-0.15, -0.1) is 11.8 Å². The predicted molar refractivity (Wildman–Crippen MR) is 118 cm³/mol. The molecular formula is C23H29N3OS. The number of carbonyl (C=O) groups is 1. The van der Waals surface area contributed by atoms with Crippen molar-refractivity contribution in [3.05, 3.63) is 59.7 Å². The lowest BCUT2D eigenvalue weighted by molar-refractivity contribution is -0.115. The fourth-order valence-corrected chi connectivity index (χ4v) is 3.70. The highest BCUT2D eigenvalue weighted by Crippen LogP contribution is 2.27. The Kier molecular flexibility index (Phi) is 8.56. The van der Waals surface area contributed by atoms with Crippen LogP contribution < -0.4 is 10.6 Å². The molecule has 0 spiro atoms. The molecule has 0 aliphatic rings. The normalized spacial score (nSPS) is 12.0. The van der Waals surface area contributed by atoms with Crippen LogP contribution in [0.25, 0.3) is 0 Å². The number of benzene rings is 2. The van der Waals surface area contributed by atoms with Crippen molar-refractivity contribution in [2.75, 3.05) is 17.6 Å². The van der Waals surface area contributed by atoms with Gasteiger partial charge in [0.05, 0.1) is 24.1 Å². The second kappa shape index (κ2) is 10.9. The Hall–Kier alpha value is -2.29. The number of nitrogens with one attached hydrogen (secondary N) is 2. The molecule has 1 atom stereocenters. The van der Waals surface area contributed by atoms with Crippen LogP contribution in [0.2, 0.25) is 0 Å². The topological polar surface area (TPSA) is 64.9 Å². The van der Waals surface area contributed by atoms with E-state index in [4.69, 9.17) is 5.26 Å². The first kappa shape index (κ1) is 22.0. The highest BCUT2D eigenvalue weighted by Gasteiger charge is 2.17. The van der Waals surface area contributed by atoms with Gasteiger partial charge >= 0.3 is 0 Å². The van der Waals surface area contributed by atoms with Crippen LogP contribution in [0.5, 0.6) is 0 Å². The van der Waals surface area contributed by atoms with Crippen molar-refractivity contribution >= 4 is 23.4 Å². The van der Waals surface area contributed by atoms with E-state index in [2.05, 4.69) is 68.7 Å². The van der Waals surface area contributed by atoms with Crippen LogP contribution in [-0.2, 0) is 4.79 Å². The molecule has 0 bridgehead atoms. The molecule has 5 heteroatoms. The van der Waals surface area contributed by atoms with Crippen molar-refractivity contribution in [3.63, 3.8) is 0 Å². The smallest absolute Gasteiger partial charge is 0.238 e. The zero-order chi connectivity index (χ0) is 20.5. The minimum atomic E-state index is -0.0885. The van der Waals surface area contributed by atoms with Gasteiger partial charge in [-0.2, -0.15) is 5.26 Å². The Balaban J connectivity index is 2.00. The number of anilines is 1. The lowest BCUT2D eigenvalue weighted by Crippen LogP contribution is -2.33. The standard InChI is InChI=1S/C23H29N3OS/c1-16(2)18-9-11-19(12-10-18)23(17(3)4)25-15-22(27)26-20-7-5-6-8-21(20)28-14-13-24/h5-12,16-17,23,25H,14-15H2,1-4H3,(H,26,27)/t23-/m0/s1. The minimum absolute atomic E-state index is 0.0885. The summed E-state index contributed by atoms with van der Waals surface area (Å²) in [7, 11) is 0. The molecule has 2 N–H and O–H groups in total. The molecular weight excluding hydrogens is 366 g/mol. The number of nitriles is 1.